The highest BCUT2D eigenvalue weighted by Gasteiger charge is 2.10. The molecule has 78 valence electrons. The first-order valence-electron chi connectivity index (χ1n) is 4.20. The quantitative estimate of drug-likeness (QED) is 0.829. The van der Waals surface area contributed by atoms with Gasteiger partial charge in [-0.05, 0) is 24.3 Å². The first-order chi connectivity index (χ1) is 7.18. The molecule has 0 aliphatic rings. The van der Waals surface area contributed by atoms with E-state index in [9.17, 15) is 13.9 Å². The third-order valence-electron chi connectivity index (χ3n) is 1.92. The molecular formula is C10H7F2NO2. The van der Waals surface area contributed by atoms with E-state index in [2.05, 4.69) is 9.72 Å². The second-order valence-corrected chi connectivity index (χ2v) is 2.86. The van der Waals surface area contributed by atoms with Crippen LogP contribution in [-0.4, -0.2) is 16.7 Å². The summed E-state index contributed by atoms with van der Waals surface area (Å²) >= 11 is 0. The predicted octanol–water partition coefficient (Wildman–Crippen LogP) is 2.54. The van der Waals surface area contributed by atoms with E-state index in [4.69, 9.17) is 0 Å². The number of phenols is 1. The van der Waals surface area contributed by atoms with E-state index in [0.717, 1.165) is 0 Å². The van der Waals surface area contributed by atoms with Gasteiger partial charge in [0.15, 0.2) is 0 Å². The van der Waals surface area contributed by atoms with Crippen molar-refractivity contribution in [2.45, 2.75) is 6.61 Å². The Labute approximate surface area is 83.9 Å². The first kappa shape index (κ1) is 9.64. The number of halogens is 2. The standard InChI is InChI=1S/C10H7F2NO2/c11-10(12)15-8-4-3-7(14)9-6(8)2-1-5-13-9/h1-5,10,14H. The molecule has 2 rings (SSSR count). The summed E-state index contributed by atoms with van der Waals surface area (Å²) in [7, 11) is 0. The fraction of sp³-hybridized carbons (Fsp3) is 0.100. The molecule has 1 aromatic carbocycles. The number of phenolic OH excluding ortho intramolecular Hbond substituents is 1. The number of benzene rings is 1. The summed E-state index contributed by atoms with van der Waals surface area (Å²) in [6.07, 6.45) is 1.47. The molecule has 0 saturated heterocycles. The third kappa shape index (κ3) is 1.81. The first-order valence-corrected chi connectivity index (χ1v) is 4.20. The predicted molar refractivity (Wildman–Crippen MR) is 50.0 cm³/mol. The Morgan fingerprint density at radius 1 is 1.27 bits per heavy atom. The maximum Gasteiger partial charge on any atom is 0.387 e. The molecule has 0 bridgehead atoms. The van der Waals surface area contributed by atoms with Gasteiger partial charge in [0.25, 0.3) is 0 Å². The van der Waals surface area contributed by atoms with Crippen LogP contribution in [0.5, 0.6) is 11.5 Å². The van der Waals surface area contributed by atoms with Gasteiger partial charge in [-0.25, -0.2) is 0 Å². The molecule has 0 radical (unpaired) electrons. The van der Waals surface area contributed by atoms with Gasteiger partial charge in [0, 0.05) is 11.6 Å². The monoisotopic (exact) mass is 211 g/mol. The van der Waals surface area contributed by atoms with E-state index in [1.54, 1.807) is 12.1 Å². The van der Waals surface area contributed by atoms with E-state index in [1.165, 1.54) is 18.3 Å². The van der Waals surface area contributed by atoms with Crippen molar-refractivity contribution in [1.82, 2.24) is 4.98 Å². The topological polar surface area (TPSA) is 42.4 Å². The maximum absolute atomic E-state index is 12.0. The Balaban J connectivity index is 2.61. The summed E-state index contributed by atoms with van der Waals surface area (Å²) in [5.74, 6) is -0.0573. The summed E-state index contributed by atoms with van der Waals surface area (Å²) in [6, 6.07) is 5.69. The molecule has 1 N–H and O–H groups in total. The molecule has 0 atom stereocenters. The second kappa shape index (κ2) is 3.68. The Morgan fingerprint density at radius 3 is 2.80 bits per heavy atom. The number of aromatic nitrogens is 1. The van der Waals surface area contributed by atoms with Gasteiger partial charge < -0.3 is 9.84 Å². The number of rotatable bonds is 2. The number of hydrogen-bond acceptors (Lipinski definition) is 3. The SMILES string of the molecule is Oc1ccc(OC(F)F)c2cccnc12. The van der Waals surface area contributed by atoms with Crippen LogP contribution >= 0.6 is 0 Å². The summed E-state index contributed by atoms with van der Waals surface area (Å²) < 4.78 is 28.4. The van der Waals surface area contributed by atoms with Gasteiger partial charge in [-0.2, -0.15) is 8.78 Å². The lowest BCUT2D eigenvalue weighted by atomic mass is 10.2. The van der Waals surface area contributed by atoms with Crippen LogP contribution in [0.4, 0.5) is 8.78 Å². The minimum atomic E-state index is -2.89. The van der Waals surface area contributed by atoms with Gasteiger partial charge in [-0.1, -0.05) is 0 Å². The molecule has 1 heterocycles. The molecule has 3 nitrogen and oxygen atoms in total. The highest BCUT2D eigenvalue weighted by molar-refractivity contribution is 5.89. The van der Waals surface area contributed by atoms with Gasteiger partial charge in [0.2, 0.25) is 0 Å². The zero-order valence-electron chi connectivity index (χ0n) is 7.52. The molecule has 5 heteroatoms. The fourth-order valence-electron chi connectivity index (χ4n) is 1.33. The number of aromatic hydroxyl groups is 1. The van der Waals surface area contributed by atoms with Crippen molar-refractivity contribution in [2.75, 3.05) is 0 Å². The van der Waals surface area contributed by atoms with Crippen LogP contribution in [0.2, 0.25) is 0 Å². The smallest absolute Gasteiger partial charge is 0.387 e. The Morgan fingerprint density at radius 2 is 2.07 bits per heavy atom. The molecule has 0 fully saturated rings. The number of fused-ring (bicyclic) bond motifs is 1. The van der Waals surface area contributed by atoms with Crippen molar-refractivity contribution in [2.24, 2.45) is 0 Å². The largest absolute Gasteiger partial charge is 0.506 e. The molecule has 0 saturated carbocycles. The minimum absolute atomic E-state index is 0.00546. The van der Waals surface area contributed by atoms with Crippen LogP contribution in [0, 0.1) is 0 Å². The molecule has 1 aromatic heterocycles. The van der Waals surface area contributed by atoms with Gasteiger partial charge >= 0.3 is 6.61 Å². The maximum atomic E-state index is 12.0. The summed E-state index contributed by atoms with van der Waals surface area (Å²) in [6.45, 7) is -2.89. The number of pyridine rings is 1. The average Bonchev–Trinajstić information content (AvgIpc) is 2.22. The lowest BCUT2D eigenvalue weighted by molar-refractivity contribution is -0.0488. The fourth-order valence-corrected chi connectivity index (χ4v) is 1.33. The van der Waals surface area contributed by atoms with Crippen LogP contribution in [0.15, 0.2) is 30.5 Å². The van der Waals surface area contributed by atoms with Gasteiger partial charge in [0.05, 0.1) is 0 Å². The zero-order chi connectivity index (χ0) is 10.8. The summed E-state index contributed by atoms with van der Waals surface area (Å²) in [5.41, 5.74) is 0.246. The summed E-state index contributed by atoms with van der Waals surface area (Å²) in [5, 5.41) is 9.78. The molecule has 0 unspecified atom stereocenters. The van der Waals surface area contributed by atoms with E-state index in [-0.39, 0.29) is 17.0 Å². The van der Waals surface area contributed by atoms with Gasteiger partial charge in [-0.15, -0.1) is 0 Å². The molecule has 0 spiro atoms. The number of ether oxygens (including phenoxy) is 1. The molecular weight excluding hydrogens is 204 g/mol. The van der Waals surface area contributed by atoms with Crippen LogP contribution in [-0.2, 0) is 0 Å². The van der Waals surface area contributed by atoms with Crippen molar-refractivity contribution in [3.05, 3.63) is 30.5 Å². The molecule has 0 aliphatic heterocycles. The van der Waals surface area contributed by atoms with Crippen molar-refractivity contribution in [1.29, 1.82) is 0 Å². The molecule has 0 aliphatic carbocycles. The molecule has 15 heavy (non-hydrogen) atoms. The van der Waals surface area contributed by atoms with Crippen molar-refractivity contribution in [3.63, 3.8) is 0 Å². The lowest BCUT2D eigenvalue weighted by Gasteiger charge is -2.08. The van der Waals surface area contributed by atoms with E-state index < -0.39 is 6.61 Å². The number of nitrogens with zero attached hydrogens (tertiary/aromatic N) is 1. The average molecular weight is 211 g/mol. The van der Waals surface area contributed by atoms with Gasteiger partial charge in [-0.3, -0.25) is 4.98 Å². The molecule has 0 amide bonds. The van der Waals surface area contributed by atoms with Crippen LogP contribution < -0.4 is 4.74 Å². The van der Waals surface area contributed by atoms with Crippen molar-refractivity contribution < 1.29 is 18.6 Å². The van der Waals surface area contributed by atoms with E-state index in [0.29, 0.717) is 5.39 Å². The van der Waals surface area contributed by atoms with Gasteiger partial charge in [0.1, 0.15) is 17.0 Å². The Kier molecular flexibility index (Phi) is 2.37. The number of hydrogen-bond donors (Lipinski definition) is 1. The van der Waals surface area contributed by atoms with Crippen LogP contribution in [0.25, 0.3) is 10.9 Å². The Bertz CT molecular complexity index is 488. The number of alkyl halides is 2. The third-order valence-corrected chi connectivity index (χ3v) is 1.92. The zero-order valence-corrected chi connectivity index (χ0v) is 7.52. The minimum Gasteiger partial charge on any atom is -0.506 e. The molecule has 2 aromatic rings. The lowest BCUT2D eigenvalue weighted by Crippen LogP contribution is -2.02. The van der Waals surface area contributed by atoms with E-state index >= 15 is 0 Å². The summed E-state index contributed by atoms with van der Waals surface area (Å²) in [4.78, 5) is 3.87. The normalized spacial score (nSPS) is 10.9. The Hall–Kier alpha value is -1.91. The van der Waals surface area contributed by atoms with Crippen molar-refractivity contribution in [3.8, 4) is 11.5 Å². The highest BCUT2D eigenvalue weighted by Crippen LogP contribution is 2.31. The highest BCUT2D eigenvalue weighted by atomic mass is 19.3. The van der Waals surface area contributed by atoms with Crippen molar-refractivity contribution >= 4 is 10.9 Å². The van der Waals surface area contributed by atoms with Crippen LogP contribution in [0.1, 0.15) is 0 Å². The second-order valence-electron chi connectivity index (χ2n) is 2.86. The van der Waals surface area contributed by atoms with Crippen LogP contribution in [0.3, 0.4) is 0 Å². The van der Waals surface area contributed by atoms with E-state index in [1.807, 2.05) is 0 Å².